The topological polar surface area (TPSA) is 131 Å². The second kappa shape index (κ2) is 7.99. The Morgan fingerprint density at radius 3 is 2.89 bits per heavy atom. The van der Waals surface area contributed by atoms with Gasteiger partial charge >= 0.3 is 5.69 Å². The molecule has 0 saturated carbocycles. The number of benzene rings is 1. The number of amides is 1. The minimum absolute atomic E-state index is 0.131. The summed E-state index contributed by atoms with van der Waals surface area (Å²) in [5, 5.41) is 10.8. The van der Waals surface area contributed by atoms with E-state index >= 15 is 0 Å². The number of nitrogens with two attached hydrogens (primary N) is 1. The first-order valence-electron chi connectivity index (χ1n) is 9.08. The van der Waals surface area contributed by atoms with E-state index in [0.29, 0.717) is 37.4 Å². The average Bonchev–Trinajstić information content (AvgIpc) is 2.66. The lowest BCUT2D eigenvalue weighted by atomic mass is 9.87. The molecule has 1 aliphatic rings. The number of piperidine rings is 1. The number of likely N-dealkylation sites (tertiary alicyclic amines) is 1. The first-order valence-corrected chi connectivity index (χ1v) is 9.08. The number of hydrogen-bond acceptors (Lipinski definition) is 6. The van der Waals surface area contributed by atoms with Crippen LogP contribution in [-0.2, 0) is 0 Å². The van der Waals surface area contributed by atoms with Gasteiger partial charge in [-0.3, -0.25) is 19.1 Å². The van der Waals surface area contributed by atoms with Crippen molar-refractivity contribution in [2.45, 2.75) is 25.0 Å². The van der Waals surface area contributed by atoms with Crippen molar-refractivity contribution in [2.75, 3.05) is 26.2 Å². The van der Waals surface area contributed by atoms with Crippen LogP contribution in [0, 0.1) is 0 Å². The summed E-state index contributed by atoms with van der Waals surface area (Å²) in [6.45, 7) is 2.81. The lowest BCUT2D eigenvalue weighted by Crippen LogP contribution is -2.54. The number of carbonyl (C=O) groups excluding carboxylic acids is 1. The SMILES string of the molecule is C[C@@]1(O)CCN(C(=O)c2cccc(OCCN)c2)C[C@H]1n1ccc(=O)[nH]c1=O. The van der Waals surface area contributed by atoms with Gasteiger partial charge in [0.1, 0.15) is 12.4 Å². The summed E-state index contributed by atoms with van der Waals surface area (Å²) in [6, 6.07) is 7.33. The Morgan fingerprint density at radius 1 is 1.39 bits per heavy atom. The number of aromatic nitrogens is 2. The molecule has 9 heteroatoms. The fraction of sp³-hybridized carbons (Fsp3) is 0.421. The summed E-state index contributed by atoms with van der Waals surface area (Å²) >= 11 is 0. The normalized spacial score (nSPS) is 22.1. The molecule has 2 aromatic rings. The number of H-pyrrole nitrogens is 1. The fourth-order valence-electron chi connectivity index (χ4n) is 3.35. The molecule has 1 aliphatic heterocycles. The third-order valence-electron chi connectivity index (χ3n) is 4.94. The molecule has 1 amide bonds. The van der Waals surface area contributed by atoms with Crippen molar-refractivity contribution in [2.24, 2.45) is 5.73 Å². The molecule has 9 nitrogen and oxygen atoms in total. The van der Waals surface area contributed by atoms with Crippen LogP contribution in [0.1, 0.15) is 29.7 Å². The van der Waals surface area contributed by atoms with Crippen molar-refractivity contribution in [1.82, 2.24) is 14.5 Å². The van der Waals surface area contributed by atoms with E-state index in [4.69, 9.17) is 10.5 Å². The molecule has 1 saturated heterocycles. The van der Waals surface area contributed by atoms with Gasteiger partial charge in [-0.15, -0.1) is 0 Å². The molecular weight excluding hydrogens is 364 g/mol. The zero-order valence-corrected chi connectivity index (χ0v) is 15.6. The van der Waals surface area contributed by atoms with Crippen LogP contribution in [0.3, 0.4) is 0 Å². The summed E-state index contributed by atoms with van der Waals surface area (Å²) in [5.74, 6) is 0.324. The van der Waals surface area contributed by atoms with E-state index in [1.165, 1.54) is 16.8 Å². The lowest BCUT2D eigenvalue weighted by Gasteiger charge is -2.43. The van der Waals surface area contributed by atoms with Crippen LogP contribution < -0.4 is 21.7 Å². The predicted molar refractivity (Wildman–Crippen MR) is 102 cm³/mol. The van der Waals surface area contributed by atoms with E-state index in [-0.39, 0.29) is 12.5 Å². The van der Waals surface area contributed by atoms with Gasteiger partial charge in [0.05, 0.1) is 11.6 Å². The van der Waals surface area contributed by atoms with Crippen LogP contribution in [0.4, 0.5) is 0 Å². The monoisotopic (exact) mass is 388 g/mol. The summed E-state index contributed by atoms with van der Waals surface area (Å²) in [5.41, 5.74) is 3.54. The minimum atomic E-state index is -1.20. The van der Waals surface area contributed by atoms with Gasteiger partial charge in [0.25, 0.3) is 11.5 Å². The Labute approximate surface area is 161 Å². The molecule has 2 heterocycles. The van der Waals surface area contributed by atoms with Crippen LogP contribution >= 0.6 is 0 Å². The van der Waals surface area contributed by atoms with Crippen LogP contribution in [0.15, 0.2) is 46.1 Å². The molecule has 1 aromatic carbocycles. The number of aromatic amines is 1. The molecule has 1 aromatic heterocycles. The van der Waals surface area contributed by atoms with E-state index in [0.717, 1.165) is 0 Å². The minimum Gasteiger partial charge on any atom is -0.492 e. The Balaban J connectivity index is 1.85. The van der Waals surface area contributed by atoms with Gasteiger partial charge in [-0.1, -0.05) is 6.07 Å². The number of hydrogen-bond donors (Lipinski definition) is 3. The van der Waals surface area contributed by atoms with E-state index < -0.39 is 22.9 Å². The quantitative estimate of drug-likeness (QED) is 0.645. The largest absolute Gasteiger partial charge is 0.492 e. The van der Waals surface area contributed by atoms with Crippen molar-refractivity contribution in [3.63, 3.8) is 0 Å². The summed E-state index contributed by atoms with van der Waals surface area (Å²) in [4.78, 5) is 40.3. The van der Waals surface area contributed by atoms with Gasteiger partial charge in [-0.05, 0) is 31.5 Å². The third kappa shape index (κ3) is 4.15. The Kier molecular flexibility index (Phi) is 5.66. The van der Waals surface area contributed by atoms with Gasteiger partial charge < -0.3 is 20.5 Å². The van der Waals surface area contributed by atoms with E-state index in [1.807, 2.05) is 0 Å². The first-order chi connectivity index (χ1) is 13.3. The standard InChI is InChI=1S/C19H24N4O5/c1-19(27)6-9-22(12-15(19)23-8-5-16(24)21-18(23)26)17(25)13-3-2-4-14(11-13)28-10-7-20/h2-5,8,11,15,27H,6-7,9-10,12,20H2,1H3,(H,21,24,26)/t15-,19-/m1/s1. The van der Waals surface area contributed by atoms with Crippen LogP contribution in [0.2, 0.25) is 0 Å². The summed E-state index contributed by atoms with van der Waals surface area (Å²) < 4.78 is 6.73. The molecule has 1 fully saturated rings. The molecule has 0 spiro atoms. The Morgan fingerprint density at radius 2 is 2.18 bits per heavy atom. The maximum atomic E-state index is 13.0. The molecule has 3 rings (SSSR count). The molecule has 2 atom stereocenters. The number of nitrogens with zero attached hydrogens (tertiary/aromatic N) is 2. The maximum absolute atomic E-state index is 13.0. The van der Waals surface area contributed by atoms with Gasteiger partial charge in [0.15, 0.2) is 0 Å². The van der Waals surface area contributed by atoms with Crippen LogP contribution in [0.5, 0.6) is 5.75 Å². The fourth-order valence-corrected chi connectivity index (χ4v) is 3.35. The molecule has 28 heavy (non-hydrogen) atoms. The zero-order valence-electron chi connectivity index (χ0n) is 15.6. The van der Waals surface area contributed by atoms with Crippen molar-refractivity contribution in [3.8, 4) is 5.75 Å². The highest BCUT2D eigenvalue weighted by atomic mass is 16.5. The van der Waals surface area contributed by atoms with Crippen LogP contribution in [-0.4, -0.2) is 57.3 Å². The van der Waals surface area contributed by atoms with Gasteiger partial charge in [-0.2, -0.15) is 0 Å². The van der Waals surface area contributed by atoms with Crippen molar-refractivity contribution in [1.29, 1.82) is 0 Å². The van der Waals surface area contributed by atoms with E-state index in [2.05, 4.69) is 4.98 Å². The number of ether oxygens (including phenoxy) is 1. The van der Waals surface area contributed by atoms with Gasteiger partial charge in [0.2, 0.25) is 0 Å². The van der Waals surface area contributed by atoms with E-state index in [9.17, 15) is 19.5 Å². The zero-order chi connectivity index (χ0) is 20.3. The smallest absolute Gasteiger partial charge is 0.328 e. The second-order valence-electron chi connectivity index (χ2n) is 7.06. The highest BCUT2D eigenvalue weighted by Crippen LogP contribution is 2.31. The molecule has 0 bridgehead atoms. The highest BCUT2D eigenvalue weighted by Gasteiger charge is 2.41. The summed E-state index contributed by atoms with van der Waals surface area (Å²) in [7, 11) is 0. The molecular formula is C19H24N4O5. The third-order valence-corrected chi connectivity index (χ3v) is 4.94. The molecule has 150 valence electrons. The van der Waals surface area contributed by atoms with Gasteiger partial charge in [-0.25, -0.2) is 4.79 Å². The van der Waals surface area contributed by atoms with Crippen molar-refractivity contribution < 1.29 is 14.6 Å². The maximum Gasteiger partial charge on any atom is 0.328 e. The molecule has 0 unspecified atom stereocenters. The Hall–Kier alpha value is -2.91. The van der Waals surface area contributed by atoms with Crippen molar-refractivity contribution in [3.05, 3.63) is 62.9 Å². The van der Waals surface area contributed by atoms with Crippen LogP contribution in [0.25, 0.3) is 0 Å². The second-order valence-corrected chi connectivity index (χ2v) is 7.06. The highest BCUT2D eigenvalue weighted by molar-refractivity contribution is 5.94. The van der Waals surface area contributed by atoms with E-state index in [1.54, 1.807) is 36.1 Å². The molecule has 0 aliphatic carbocycles. The lowest BCUT2D eigenvalue weighted by molar-refractivity contribution is -0.0459. The average molecular weight is 388 g/mol. The van der Waals surface area contributed by atoms with Gasteiger partial charge in [0, 0.05) is 37.5 Å². The molecule has 0 radical (unpaired) electrons. The number of nitrogens with one attached hydrogen (secondary N) is 1. The summed E-state index contributed by atoms with van der Waals surface area (Å²) in [6.07, 6.45) is 1.63. The number of rotatable bonds is 5. The molecule has 4 N–H and O–H groups in total. The number of carbonyl (C=O) groups is 1. The van der Waals surface area contributed by atoms with Crippen molar-refractivity contribution >= 4 is 5.91 Å². The number of aliphatic hydroxyl groups is 1. The predicted octanol–water partition coefficient (Wildman–Crippen LogP) is -0.288. The Bertz CT molecular complexity index is 965. The first kappa shape index (κ1) is 19.8.